The molecule has 160 valence electrons. The molecular weight excluding hydrogens is 432 g/mol. The lowest BCUT2D eigenvalue weighted by molar-refractivity contribution is 0.587. The summed E-state index contributed by atoms with van der Waals surface area (Å²) in [6.07, 6.45) is 6.18. The summed E-state index contributed by atoms with van der Waals surface area (Å²) in [6, 6.07) is 11.3. The maximum atomic E-state index is 12.5. The molecule has 0 aliphatic heterocycles. The van der Waals surface area contributed by atoms with E-state index in [1.54, 1.807) is 42.1 Å². The summed E-state index contributed by atoms with van der Waals surface area (Å²) in [6.45, 7) is 2.25. The average molecular weight is 455 g/mol. The van der Waals surface area contributed by atoms with Crippen LogP contribution in [-0.4, -0.2) is 35.1 Å². The van der Waals surface area contributed by atoms with Crippen LogP contribution < -0.4 is 9.44 Å². The van der Waals surface area contributed by atoms with Gasteiger partial charge in [0.05, 0.1) is 16.8 Å². The molecule has 0 bridgehead atoms. The van der Waals surface area contributed by atoms with E-state index in [0.717, 1.165) is 28.1 Å². The van der Waals surface area contributed by atoms with E-state index < -0.39 is 10.2 Å². The van der Waals surface area contributed by atoms with Crippen molar-refractivity contribution in [3.05, 3.63) is 71.5 Å². The number of aromatic amines is 1. The van der Waals surface area contributed by atoms with Crippen LogP contribution in [0.5, 0.6) is 0 Å². The van der Waals surface area contributed by atoms with Crippen LogP contribution in [0.1, 0.15) is 18.1 Å². The molecule has 31 heavy (non-hydrogen) atoms. The minimum absolute atomic E-state index is 0.202. The molecule has 0 atom stereocenters. The molecule has 4 rings (SSSR count). The number of aromatic nitrogens is 4. The van der Waals surface area contributed by atoms with Crippen LogP contribution in [0.4, 0.5) is 5.69 Å². The van der Waals surface area contributed by atoms with E-state index in [4.69, 9.17) is 0 Å². The second-order valence-corrected chi connectivity index (χ2v) is 9.24. The Morgan fingerprint density at radius 3 is 2.65 bits per heavy atom. The predicted octanol–water partition coefficient (Wildman–Crippen LogP) is 3.65. The first-order valence-electron chi connectivity index (χ1n) is 9.79. The number of nitrogens with zero attached hydrogens (tertiary/aromatic N) is 3. The molecule has 0 radical (unpaired) electrons. The van der Waals surface area contributed by atoms with Gasteiger partial charge in [0.15, 0.2) is 0 Å². The second-order valence-electron chi connectivity index (χ2n) is 6.79. The first kappa shape index (κ1) is 21.2. The molecule has 0 spiro atoms. The number of hydrogen-bond acceptors (Lipinski definition) is 6. The maximum absolute atomic E-state index is 12.5. The van der Waals surface area contributed by atoms with Crippen LogP contribution in [0.2, 0.25) is 0 Å². The van der Waals surface area contributed by atoms with Crippen molar-refractivity contribution in [3.63, 3.8) is 0 Å². The van der Waals surface area contributed by atoms with E-state index in [2.05, 4.69) is 36.5 Å². The van der Waals surface area contributed by atoms with Gasteiger partial charge in [0.25, 0.3) is 10.2 Å². The van der Waals surface area contributed by atoms with Gasteiger partial charge in [0.2, 0.25) is 0 Å². The summed E-state index contributed by atoms with van der Waals surface area (Å²) in [5.74, 6) is 0. The lowest BCUT2D eigenvalue weighted by Gasteiger charge is -2.10. The van der Waals surface area contributed by atoms with Gasteiger partial charge in [-0.15, -0.1) is 11.3 Å². The Hall–Kier alpha value is -3.08. The monoisotopic (exact) mass is 454 g/mol. The van der Waals surface area contributed by atoms with Gasteiger partial charge in [-0.2, -0.15) is 18.2 Å². The van der Waals surface area contributed by atoms with Crippen molar-refractivity contribution in [3.8, 4) is 22.0 Å². The normalized spacial score (nSPS) is 11.5. The number of hydrogen-bond donors (Lipinski definition) is 3. The lowest BCUT2D eigenvalue weighted by atomic mass is 10.1. The highest BCUT2D eigenvalue weighted by Crippen LogP contribution is 2.32. The van der Waals surface area contributed by atoms with Crippen molar-refractivity contribution in [1.29, 1.82) is 0 Å². The largest absolute Gasteiger partial charge is 0.299 e. The smallest absolute Gasteiger partial charge is 0.276 e. The summed E-state index contributed by atoms with van der Waals surface area (Å²) in [7, 11) is -3.71. The Morgan fingerprint density at radius 2 is 1.97 bits per heavy atom. The maximum Gasteiger partial charge on any atom is 0.299 e. The molecule has 0 unspecified atom stereocenters. The zero-order valence-electron chi connectivity index (χ0n) is 16.9. The van der Waals surface area contributed by atoms with Gasteiger partial charge in [-0.05, 0) is 42.0 Å². The Kier molecular flexibility index (Phi) is 6.40. The molecule has 0 saturated heterocycles. The van der Waals surface area contributed by atoms with Crippen molar-refractivity contribution in [1.82, 2.24) is 24.9 Å². The Labute approximate surface area is 185 Å². The van der Waals surface area contributed by atoms with E-state index in [1.165, 1.54) is 0 Å². The molecule has 0 fully saturated rings. The van der Waals surface area contributed by atoms with E-state index in [0.29, 0.717) is 23.5 Å². The van der Waals surface area contributed by atoms with Crippen molar-refractivity contribution in [2.45, 2.75) is 19.8 Å². The third kappa shape index (κ3) is 5.16. The van der Waals surface area contributed by atoms with Crippen molar-refractivity contribution >= 4 is 27.2 Å². The topological polar surface area (TPSA) is 113 Å². The fraction of sp³-hybridized carbons (Fsp3) is 0.190. The van der Waals surface area contributed by atoms with Crippen LogP contribution in [-0.2, 0) is 23.1 Å². The number of rotatable bonds is 9. The molecule has 0 amide bonds. The van der Waals surface area contributed by atoms with Gasteiger partial charge >= 0.3 is 0 Å². The second kappa shape index (κ2) is 9.38. The molecule has 3 aromatic heterocycles. The molecule has 8 nitrogen and oxygen atoms in total. The molecule has 4 aromatic rings. The van der Waals surface area contributed by atoms with Gasteiger partial charge in [0, 0.05) is 30.2 Å². The lowest BCUT2D eigenvalue weighted by Crippen LogP contribution is -2.31. The first-order chi connectivity index (χ1) is 15.1. The van der Waals surface area contributed by atoms with E-state index in [1.807, 2.05) is 29.6 Å². The van der Waals surface area contributed by atoms with Gasteiger partial charge in [-0.1, -0.05) is 25.1 Å². The van der Waals surface area contributed by atoms with Gasteiger partial charge < -0.3 is 0 Å². The molecular formula is C21H22N6O2S2. The summed E-state index contributed by atoms with van der Waals surface area (Å²) >= 11 is 1.58. The number of benzene rings is 1. The van der Waals surface area contributed by atoms with E-state index >= 15 is 0 Å². The third-order valence-corrected chi connectivity index (χ3v) is 6.70. The highest BCUT2D eigenvalue weighted by molar-refractivity contribution is 7.90. The van der Waals surface area contributed by atoms with Crippen LogP contribution >= 0.6 is 11.3 Å². The van der Waals surface area contributed by atoms with Crippen LogP contribution in [0, 0.1) is 0 Å². The zero-order chi connectivity index (χ0) is 21.7. The summed E-state index contributed by atoms with van der Waals surface area (Å²) < 4.78 is 30.1. The fourth-order valence-corrected chi connectivity index (χ4v) is 4.81. The number of aryl methyl sites for hydroxylation is 1. The summed E-state index contributed by atoms with van der Waals surface area (Å²) in [5.41, 5.74) is 4.71. The predicted molar refractivity (Wildman–Crippen MR) is 123 cm³/mol. The average Bonchev–Trinajstić information content (AvgIpc) is 3.44. The Morgan fingerprint density at radius 1 is 1.13 bits per heavy atom. The minimum Gasteiger partial charge on any atom is -0.276 e. The summed E-state index contributed by atoms with van der Waals surface area (Å²) in [5, 5.41) is 9.49. The number of nitrogens with one attached hydrogen (secondary N) is 3. The quantitative estimate of drug-likeness (QED) is 0.357. The Balaban J connectivity index is 1.50. The van der Waals surface area contributed by atoms with Gasteiger partial charge in [-0.25, -0.2) is 0 Å². The zero-order valence-corrected chi connectivity index (χ0v) is 18.5. The Bertz CT molecular complexity index is 1220. The highest BCUT2D eigenvalue weighted by Gasteiger charge is 2.19. The standard InChI is InChI=1S/C21H22N6O2S2/c1-2-15-5-7-16(8-6-15)27-31(28,29)24-10-9-17-20(18-14-22-11-12-23-18)25-26-21(17)19-4-3-13-30-19/h3-8,11-14,24,27H,2,9-10H2,1H3,(H,25,26). The van der Waals surface area contributed by atoms with Crippen LogP contribution in [0.3, 0.4) is 0 Å². The summed E-state index contributed by atoms with van der Waals surface area (Å²) in [4.78, 5) is 9.48. The van der Waals surface area contributed by atoms with E-state index in [-0.39, 0.29) is 6.54 Å². The first-order valence-corrected chi connectivity index (χ1v) is 12.2. The third-order valence-electron chi connectivity index (χ3n) is 4.72. The van der Waals surface area contributed by atoms with Crippen LogP contribution in [0.15, 0.2) is 60.4 Å². The molecule has 1 aromatic carbocycles. The molecule has 10 heteroatoms. The SMILES string of the molecule is CCc1ccc(NS(=O)(=O)NCCc2c(-c3cnccn3)n[nH]c2-c2cccs2)cc1. The van der Waals surface area contributed by atoms with Crippen molar-refractivity contribution in [2.24, 2.45) is 0 Å². The van der Waals surface area contributed by atoms with Crippen LogP contribution in [0.25, 0.3) is 22.0 Å². The fourth-order valence-electron chi connectivity index (χ4n) is 3.18. The molecule has 3 N–H and O–H groups in total. The number of H-pyrrole nitrogens is 1. The van der Waals surface area contributed by atoms with E-state index in [9.17, 15) is 8.42 Å². The molecule has 0 saturated carbocycles. The number of thiophene rings is 1. The van der Waals surface area contributed by atoms with Gasteiger partial charge in [0.1, 0.15) is 11.4 Å². The molecule has 0 aliphatic rings. The van der Waals surface area contributed by atoms with Crippen molar-refractivity contribution < 1.29 is 8.42 Å². The minimum atomic E-state index is -3.71. The van der Waals surface area contributed by atoms with Crippen molar-refractivity contribution in [2.75, 3.05) is 11.3 Å². The molecule has 3 heterocycles. The number of anilines is 1. The molecule has 0 aliphatic carbocycles. The van der Waals surface area contributed by atoms with Gasteiger partial charge in [-0.3, -0.25) is 19.8 Å². The highest BCUT2D eigenvalue weighted by atomic mass is 32.2.